The summed E-state index contributed by atoms with van der Waals surface area (Å²) >= 11 is 1.32. The fraction of sp³-hybridized carbons (Fsp3) is 0.150. The molecule has 5 nitrogen and oxygen atoms in total. The Labute approximate surface area is 154 Å². The Hall–Kier alpha value is -3.17. The van der Waals surface area contributed by atoms with Gasteiger partial charge in [-0.3, -0.25) is 4.79 Å². The second kappa shape index (κ2) is 6.62. The van der Waals surface area contributed by atoms with Crippen molar-refractivity contribution in [1.82, 2.24) is 4.98 Å². The van der Waals surface area contributed by atoms with Crippen molar-refractivity contribution < 1.29 is 14.3 Å². The lowest BCUT2D eigenvalue weighted by molar-refractivity contribution is 0.0978. The first kappa shape index (κ1) is 16.3. The molecule has 128 valence electrons. The number of aromatic nitrogens is 1. The number of benzene rings is 2. The summed E-state index contributed by atoms with van der Waals surface area (Å²) in [5.74, 6) is -0.117. The largest absolute Gasteiger partial charge is 0.454 e. The van der Waals surface area contributed by atoms with Gasteiger partial charge in [0.2, 0.25) is 6.79 Å². The van der Waals surface area contributed by atoms with E-state index in [1.165, 1.54) is 11.3 Å². The van der Waals surface area contributed by atoms with Gasteiger partial charge in [-0.25, -0.2) is 4.98 Å². The van der Waals surface area contributed by atoms with Crippen LogP contribution in [0.1, 0.15) is 26.8 Å². The number of nitriles is 1. The summed E-state index contributed by atoms with van der Waals surface area (Å²) in [4.78, 5) is 17.3. The van der Waals surface area contributed by atoms with Crippen LogP contribution in [0.2, 0.25) is 0 Å². The molecule has 3 aromatic rings. The highest BCUT2D eigenvalue weighted by Gasteiger charge is 2.27. The monoisotopic (exact) mass is 362 g/mol. The molecule has 26 heavy (non-hydrogen) atoms. The number of fused-ring (bicyclic) bond motifs is 1. The number of rotatable bonds is 4. The SMILES string of the molecule is Cc1ccc(-c2csc([C@@H](C#N)C(=O)c3ccc4c(c3)OCO4)n2)cc1. The van der Waals surface area contributed by atoms with E-state index in [0.29, 0.717) is 22.1 Å². The Bertz CT molecular complexity index is 1020. The second-order valence-corrected chi connectivity index (χ2v) is 6.82. The van der Waals surface area contributed by atoms with Crippen LogP contribution >= 0.6 is 11.3 Å². The van der Waals surface area contributed by atoms with E-state index in [9.17, 15) is 10.1 Å². The molecule has 6 heteroatoms. The van der Waals surface area contributed by atoms with Gasteiger partial charge in [0.15, 0.2) is 23.2 Å². The van der Waals surface area contributed by atoms with Crippen LogP contribution in [0, 0.1) is 18.3 Å². The highest BCUT2D eigenvalue weighted by atomic mass is 32.1. The van der Waals surface area contributed by atoms with Crippen molar-refractivity contribution in [2.45, 2.75) is 12.8 Å². The third-order valence-electron chi connectivity index (χ3n) is 4.16. The lowest BCUT2D eigenvalue weighted by Gasteiger charge is -2.06. The average Bonchev–Trinajstić information content (AvgIpc) is 3.31. The zero-order chi connectivity index (χ0) is 18.1. The highest BCUT2D eigenvalue weighted by molar-refractivity contribution is 7.10. The van der Waals surface area contributed by atoms with Crippen molar-refractivity contribution in [3.05, 3.63) is 64.0 Å². The molecule has 0 unspecified atom stereocenters. The van der Waals surface area contributed by atoms with Crippen LogP contribution in [0.25, 0.3) is 11.3 Å². The number of ether oxygens (including phenoxy) is 2. The number of Topliss-reactive ketones (excluding diaryl/α,β-unsaturated/α-hetero) is 1. The van der Waals surface area contributed by atoms with Crippen LogP contribution in [0.3, 0.4) is 0 Å². The fourth-order valence-electron chi connectivity index (χ4n) is 2.72. The molecule has 2 heterocycles. The first-order chi connectivity index (χ1) is 12.7. The Morgan fingerprint density at radius 3 is 2.73 bits per heavy atom. The number of carbonyl (C=O) groups is 1. The molecular formula is C20H14N2O3S. The predicted octanol–water partition coefficient (Wildman–Crippen LogP) is 4.34. The molecule has 4 rings (SSSR count). The van der Waals surface area contributed by atoms with E-state index in [0.717, 1.165) is 16.8 Å². The van der Waals surface area contributed by atoms with Crippen LogP contribution in [0.5, 0.6) is 11.5 Å². The Morgan fingerprint density at radius 2 is 1.96 bits per heavy atom. The minimum absolute atomic E-state index is 0.140. The molecule has 0 aliphatic carbocycles. The fourth-order valence-corrected chi connectivity index (χ4v) is 3.59. The van der Waals surface area contributed by atoms with Gasteiger partial charge >= 0.3 is 0 Å². The molecule has 0 saturated heterocycles. The van der Waals surface area contributed by atoms with E-state index >= 15 is 0 Å². The molecule has 0 saturated carbocycles. The van der Waals surface area contributed by atoms with Gasteiger partial charge in [-0.1, -0.05) is 29.8 Å². The Balaban J connectivity index is 1.62. The summed E-state index contributed by atoms with van der Waals surface area (Å²) in [5.41, 5.74) is 3.30. The highest BCUT2D eigenvalue weighted by Crippen LogP contribution is 2.35. The average molecular weight is 362 g/mol. The molecule has 1 aliphatic heterocycles. The first-order valence-corrected chi connectivity index (χ1v) is 8.89. The number of carbonyl (C=O) groups excluding carboxylic acids is 1. The van der Waals surface area contributed by atoms with Crippen molar-refractivity contribution in [2.24, 2.45) is 0 Å². The van der Waals surface area contributed by atoms with Crippen molar-refractivity contribution in [3.63, 3.8) is 0 Å². The quantitative estimate of drug-likeness (QED) is 0.646. The maximum absolute atomic E-state index is 12.8. The predicted molar refractivity (Wildman–Crippen MR) is 97.5 cm³/mol. The molecule has 0 amide bonds. The standard InChI is InChI=1S/C20H14N2O3S/c1-12-2-4-13(5-3-12)16-10-26-20(22-16)15(9-21)19(23)14-6-7-17-18(8-14)25-11-24-17/h2-8,10,15H,11H2,1H3/t15-/m0/s1. The Morgan fingerprint density at radius 1 is 1.19 bits per heavy atom. The molecule has 0 radical (unpaired) electrons. The zero-order valence-corrected chi connectivity index (χ0v) is 14.7. The van der Waals surface area contributed by atoms with Gasteiger partial charge in [-0.05, 0) is 25.1 Å². The van der Waals surface area contributed by atoms with Crippen molar-refractivity contribution in [1.29, 1.82) is 5.26 Å². The van der Waals surface area contributed by atoms with E-state index in [2.05, 4.69) is 11.1 Å². The molecule has 0 N–H and O–H groups in total. The molecule has 0 fully saturated rings. The van der Waals surface area contributed by atoms with Gasteiger partial charge in [0.05, 0.1) is 11.8 Å². The number of ketones is 1. The maximum Gasteiger partial charge on any atom is 0.231 e. The Kier molecular flexibility index (Phi) is 4.15. The maximum atomic E-state index is 12.8. The molecule has 0 bridgehead atoms. The molecule has 1 atom stereocenters. The first-order valence-electron chi connectivity index (χ1n) is 8.01. The summed E-state index contributed by atoms with van der Waals surface area (Å²) in [6.07, 6.45) is 0. The van der Waals surface area contributed by atoms with Crippen LogP contribution in [0.4, 0.5) is 0 Å². The zero-order valence-electron chi connectivity index (χ0n) is 13.9. The van der Waals surface area contributed by atoms with Gasteiger partial charge in [0, 0.05) is 16.5 Å². The third kappa shape index (κ3) is 2.93. The van der Waals surface area contributed by atoms with Crippen LogP contribution in [0.15, 0.2) is 47.8 Å². The van der Waals surface area contributed by atoms with Gasteiger partial charge in [-0.15, -0.1) is 11.3 Å². The van der Waals surface area contributed by atoms with E-state index < -0.39 is 5.92 Å². The topological polar surface area (TPSA) is 72.2 Å². The van der Waals surface area contributed by atoms with Crippen LogP contribution < -0.4 is 9.47 Å². The van der Waals surface area contributed by atoms with Gasteiger partial charge in [0.1, 0.15) is 5.01 Å². The van der Waals surface area contributed by atoms with E-state index in [1.807, 2.05) is 36.6 Å². The number of hydrogen-bond acceptors (Lipinski definition) is 6. The molecule has 1 aromatic heterocycles. The number of aryl methyl sites for hydroxylation is 1. The van der Waals surface area contributed by atoms with Gasteiger partial charge < -0.3 is 9.47 Å². The number of nitrogens with zero attached hydrogens (tertiary/aromatic N) is 2. The lowest BCUT2D eigenvalue weighted by Crippen LogP contribution is -2.11. The summed E-state index contributed by atoms with van der Waals surface area (Å²) in [5, 5.41) is 11.9. The van der Waals surface area contributed by atoms with Gasteiger partial charge in [-0.2, -0.15) is 5.26 Å². The molecular weight excluding hydrogens is 348 g/mol. The summed E-state index contributed by atoms with van der Waals surface area (Å²) in [7, 11) is 0. The van der Waals surface area contributed by atoms with Crippen LogP contribution in [-0.4, -0.2) is 17.6 Å². The summed E-state index contributed by atoms with van der Waals surface area (Å²) in [6, 6.07) is 15.0. The van der Waals surface area contributed by atoms with Crippen LogP contribution in [-0.2, 0) is 0 Å². The summed E-state index contributed by atoms with van der Waals surface area (Å²) < 4.78 is 10.6. The smallest absolute Gasteiger partial charge is 0.231 e. The normalized spacial score (nSPS) is 13.2. The van der Waals surface area contributed by atoms with E-state index in [1.54, 1.807) is 18.2 Å². The lowest BCUT2D eigenvalue weighted by atomic mass is 9.99. The summed E-state index contributed by atoms with van der Waals surface area (Å²) in [6.45, 7) is 2.16. The second-order valence-electron chi connectivity index (χ2n) is 5.93. The molecule has 1 aliphatic rings. The van der Waals surface area contributed by atoms with Crippen molar-refractivity contribution >= 4 is 17.1 Å². The number of hydrogen-bond donors (Lipinski definition) is 0. The minimum atomic E-state index is -0.945. The number of thiazole rings is 1. The van der Waals surface area contributed by atoms with E-state index in [-0.39, 0.29) is 12.6 Å². The third-order valence-corrected chi connectivity index (χ3v) is 5.07. The molecule has 0 spiro atoms. The van der Waals surface area contributed by atoms with Crippen molar-refractivity contribution in [3.8, 4) is 28.8 Å². The van der Waals surface area contributed by atoms with Crippen molar-refractivity contribution in [2.75, 3.05) is 6.79 Å². The van der Waals surface area contributed by atoms with Gasteiger partial charge in [0.25, 0.3) is 0 Å². The minimum Gasteiger partial charge on any atom is -0.454 e. The molecule has 2 aromatic carbocycles. The van der Waals surface area contributed by atoms with E-state index in [4.69, 9.17) is 9.47 Å².